The van der Waals surface area contributed by atoms with Crippen LogP contribution < -0.4 is 10.4 Å². The molecule has 0 aliphatic heterocycles. The first-order chi connectivity index (χ1) is 18.1. The molecule has 0 saturated heterocycles. The molecule has 0 saturated carbocycles. The zero-order chi connectivity index (χ0) is 28.8. The number of halogens is 4. The van der Waals surface area contributed by atoms with Crippen LogP contribution in [0.15, 0.2) is 81.4 Å². The number of rotatable bonds is 7. The van der Waals surface area contributed by atoms with Gasteiger partial charge in [0.1, 0.15) is 5.82 Å². The van der Waals surface area contributed by atoms with Gasteiger partial charge in [0, 0.05) is 11.2 Å². The summed E-state index contributed by atoms with van der Waals surface area (Å²) in [5.41, 5.74) is -5.84. The highest BCUT2D eigenvalue weighted by molar-refractivity contribution is 7.92. The number of hydrogen-bond acceptors (Lipinski definition) is 7. The Hall–Kier alpha value is -3.82. The molecule has 0 radical (unpaired) electrons. The van der Waals surface area contributed by atoms with Gasteiger partial charge in [-0.15, -0.1) is 0 Å². The van der Waals surface area contributed by atoms with Gasteiger partial charge in [-0.3, -0.25) is 9.29 Å². The predicted molar refractivity (Wildman–Crippen MR) is 135 cm³/mol. The van der Waals surface area contributed by atoms with Gasteiger partial charge in [-0.05, 0) is 73.2 Å². The zero-order valence-electron chi connectivity index (χ0n) is 19.7. The number of alkyl halides is 3. The molecule has 2 N–H and O–H groups in total. The lowest BCUT2D eigenvalue weighted by molar-refractivity contribution is -0.0436. The molecule has 0 aliphatic carbocycles. The zero-order valence-corrected chi connectivity index (χ0v) is 22.1. The first-order valence-corrected chi connectivity index (χ1v) is 14.1. The van der Waals surface area contributed by atoms with Crippen LogP contribution in [-0.4, -0.2) is 41.6 Å². The van der Waals surface area contributed by atoms with Crippen LogP contribution >= 0.6 is 11.6 Å². The number of sulfonamides is 1. The Morgan fingerprint density at radius 2 is 1.56 bits per heavy atom. The van der Waals surface area contributed by atoms with Crippen LogP contribution in [0.25, 0.3) is 5.69 Å². The van der Waals surface area contributed by atoms with E-state index in [-0.39, 0.29) is 28.6 Å². The molecule has 206 valence electrons. The van der Waals surface area contributed by atoms with Crippen LogP contribution in [0.3, 0.4) is 0 Å². The molecule has 2 heterocycles. The van der Waals surface area contributed by atoms with Crippen molar-refractivity contribution in [3.63, 3.8) is 0 Å². The largest absolute Gasteiger partial charge is 0.501 e. The molecule has 0 aliphatic rings. The molecule has 2 aromatic heterocycles. The fraction of sp³-hybridized carbons (Fsp3) is 0.130. The van der Waals surface area contributed by atoms with Crippen LogP contribution in [-0.2, 0) is 26.4 Å². The van der Waals surface area contributed by atoms with Crippen molar-refractivity contribution in [1.82, 2.24) is 14.1 Å². The van der Waals surface area contributed by atoms with Gasteiger partial charge in [-0.2, -0.15) is 13.2 Å². The number of nitrogens with zero attached hydrogens (tertiary/aromatic N) is 3. The molecule has 4 rings (SSSR count). The van der Waals surface area contributed by atoms with Crippen molar-refractivity contribution in [2.75, 3.05) is 4.72 Å². The average molecular weight is 603 g/mol. The maximum Gasteiger partial charge on any atom is 0.501 e. The summed E-state index contributed by atoms with van der Waals surface area (Å²) in [5.74, 6) is -0.567. The second-order valence-corrected chi connectivity index (χ2v) is 12.2. The molecular formula is C23H18ClF3N4O6S2. The topological polar surface area (TPSA) is 140 Å². The van der Waals surface area contributed by atoms with Crippen LogP contribution in [0, 0.1) is 6.92 Å². The highest BCUT2D eigenvalue weighted by Gasteiger charge is 2.46. The van der Waals surface area contributed by atoms with E-state index in [9.17, 15) is 39.9 Å². The van der Waals surface area contributed by atoms with E-state index in [2.05, 4.69) is 9.71 Å². The van der Waals surface area contributed by atoms with Gasteiger partial charge in [0.2, 0.25) is 5.88 Å². The fourth-order valence-corrected chi connectivity index (χ4v) is 5.47. The van der Waals surface area contributed by atoms with Crippen molar-refractivity contribution in [2.24, 2.45) is 0 Å². The SMILES string of the molecule is Cc1c(O)n(-c2ccc(S(=O)(=O)C(F)(F)F)cc2)c(=O)n1Cc1ccnc(NS(=O)(=O)c2ccc(Cl)cc2)c1. The minimum absolute atomic E-state index is 0.0433. The van der Waals surface area contributed by atoms with Crippen molar-refractivity contribution in [2.45, 2.75) is 28.8 Å². The van der Waals surface area contributed by atoms with Crippen molar-refractivity contribution in [3.8, 4) is 11.6 Å². The number of benzene rings is 2. The highest BCUT2D eigenvalue weighted by atomic mass is 35.5. The van der Waals surface area contributed by atoms with E-state index in [1.54, 1.807) is 0 Å². The third kappa shape index (κ3) is 5.51. The lowest BCUT2D eigenvalue weighted by Crippen LogP contribution is -2.25. The van der Waals surface area contributed by atoms with Gasteiger partial charge in [0.05, 0.1) is 27.7 Å². The smallest absolute Gasteiger partial charge is 0.493 e. The first-order valence-electron chi connectivity index (χ1n) is 10.8. The number of anilines is 1. The molecule has 39 heavy (non-hydrogen) atoms. The highest BCUT2D eigenvalue weighted by Crippen LogP contribution is 2.31. The summed E-state index contributed by atoms with van der Waals surface area (Å²) in [6.07, 6.45) is 1.31. The summed E-state index contributed by atoms with van der Waals surface area (Å²) < 4.78 is 91.2. The number of nitrogens with one attached hydrogen (secondary N) is 1. The van der Waals surface area contributed by atoms with Crippen LogP contribution in [0.5, 0.6) is 5.88 Å². The van der Waals surface area contributed by atoms with Gasteiger partial charge >= 0.3 is 11.2 Å². The normalized spacial score (nSPS) is 12.4. The monoisotopic (exact) mass is 602 g/mol. The van der Waals surface area contributed by atoms with Crippen LogP contribution in [0.1, 0.15) is 11.3 Å². The van der Waals surface area contributed by atoms with E-state index in [0.717, 1.165) is 21.3 Å². The van der Waals surface area contributed by atoms with Gasteiger partial charge in [0.25, 0.3) is 19.9 Å². The molecule has 4 aromatic rings. The minimum Gasteiger partial charge on any atom is -0.493 e. The molecule has 0 amide bonds. The summed E-state index contributed by atoms with van der Waals surface area (Å²) in [4.78, 5) is 16.0. The second kappa shape index (κ2) is 10.1. The van der Waals surface area contributed by atoms with E-state index < -0.39 is 41.8 Å². The second-order valence-electron chi connectivity index (χ2n) is 8.16. The summed E-state index contributed by atoms with van der Waals surface area (Å²) in [7, 11) is -9.59. The molecule has 0 spiro atoms. The fourth-order valence-electron chi connectivity index (χ4n) is 3.59. The Labute approximate surface area is 224 Å². The molecular weight excluding hydrogens is 585 g/mol. The van der Waals surface area contributed by atoms with E-state index in [1.165, 1.54) is 49.5 Å². The number of hydrogen-bond donors (Lipinski definition) is 2. The van der Waals surface area contributed by atoms with E-state index in [4.69, 9.17) is 11.6 Å². The number of sulfone groups is 1. The molecule has 0 unspecified atom stereocenters. The van der Waals surface area contributed by atoms with Gasteiger partial charge in [-0.1, -0.05) is 11.6 Å². The molecule has 0 atom stereocenters. The van der Waals surface area contributed by atoms with Crippen molar-refractivity contribution in [3.05, 3.63) is 93.6 Å². The maximum atomic E-state index is 13.1. The first kappa shape index (κ1) is 28.2. The average Bonchev–Trinajstić information content (AvgIpc) is 3.06. The van der Waals surface area contributed by atoms with E-state index in [1.807, 2.05) is 0 Å². The van der Waals surface area contributed by atoms with Crippen LogP contribution in [0.4, 0.5) is 19.0 Å². The molecule has 0 bridgehead atoms. The third-order valence-corrected chi connectivity index (χ3v) is 8.73. The number of imidazole rings is 1. The van der Waals surface area contributed by atoms with Crippen molar-refractivity contribution < 1.29 is 35.1 Å². The van der Waals surface area contributed by atoms with E-state index in [0.29, 0.717) is 22.7 Å². The Morgan fingerprint density at radius 3 is 2.15 bits per heavy atom. The molecule has 16 heteroatoms. The number of aromatic nitrogens is 3. The molecule has 10 nitrogen and oxygen atoms in total. The molecule has 0 fully saturated rings. The van der Waals surface area contributed by atoms with Crippen LogP contribution in [0.2, 0.25) is 5.02 Å². The van der Waals surface area contributed by atoms with Gasteiger partial charge in [0.15, 0.2) is 0 Å². The maximum absolute atomic E-state index is 13.1. The summed E-state index contributed by atoms with van der Waals surface area (Å²) in [6, 6.07) is 11.6. The Morgan fingerprint density at radius 1 is 0.974 bits per heavy atom. The summed E-state index contributed by atoms with van der Waals surface area (Å²) in [5, 5.41) is 10.9. The lowest BCUT2D eigenvalue weighted by atomic mass is 10.2. The third-order valence-electron chi connectivity index (χ3n) is 5.60. The van der Waals surface area contributed by atoms with E-state index >= 15 is 0 Å². The standard InChI is InChI=1S/C23H18ClF3N4O6S2/c1-14-21(32)31(17-4-8-18(9-5-17)38(34,35)23(25,26)27)22(33)30(14)13-15-10-11-28-20(12-15)29-39(36,37)19-6-2-16(24)3-7-19/h2-12,32H,13H2,1H3,(H,28,29). The Balaban J connectivity index is 1.63. The Bertz CT molecular complexity index is 1820. The summed E-state index contributed by atoms with van der Waals surface area (Å²) in [6.45, 7) is 1.28. The summed E-state index contributed by atoms with van der Waals surface area (Å²) >= 11 is 5.80. The molecule has 2 aromatic carbocycles. The van der Waals surface area contributed by atoms with Crippen molar-refractivity contribution >= 4 is 37.3 Å². The quantitative estimate of drug-likeness (QED) is 0.327. The minimum atomic E-state index is -5.59. The van der Waals surface area contributed by atoms with Gasteiger partial charge in [-0.25, -0.2) is 31.2 Å². The van der Waals surface area contributed by atoms with Gasteiger partial charge < -0.3 is 5.11 Å². The number of aromatic hydroxyl groups is 1. The predicted octanol–water partition coefficient (Wildman–Crippen LogP) is 3.84. The number of pyridine rings is 1. The van der Waals surface area contributed by atoms with Crippen molar-refractivity contribution in [1.29, 1.82) is 0 Å². The Kier molecular flexibility index (Phi) is 7.27. The lowest BCUT2D eigenvalue weighted by Gasteiger charge is -2.10.